The van der Waals surface area contributed by atoms with Gasteiger partial charge in [-0.1, -0.05) is 18.2 Å². The molecule has 0 amide bonds. The van der Waals surface area contributed by atoms with Crippen molar-refractivity contribution < 1.29 is 13.9 Å². The predicted molar refractivity (Wildman–Crippen MR) is 66.1 cm³/mol. The summed E-state index contributed by atoms with van der Waals surface area (Å²) in [5.41, 5.74) is 0.180. The van der Waals surface area contributed by atoms with E-state index in [0.29, 0.717) is 22.5 Å². The monoisotopic (exact) mass is 240 g/mol. The van der Waals surface area contributed by atoms with Crippen LogP contribution in [-0.4, -0.2) is 6.79 Å². The molecule has 0 fully saturated rings. The Hall–Kier alpha value is -2.49. The third-order valence-corrected chi connectivity index (χ3v) is 3.11. The predicted octanol–water partition coefficient (Wildman–Crippen LogP) is 2.67. The van der Waals surface area contributed by atoms with E-state index in [0.717, 1.165) is 10.8 Å². The maximum Gasteiger partial charge on any atom is 0.344 e. The lowest BCUT2D eigenvalue weighted by Crippen LogP contribution is -1.99. The second-order valence-corrected chi connectivity index (χ2v) is 4.14. The Morgan fingerprint density at radius 3 is 2.44 bits per heavy atom. The fraction of sp³-hybridized carbons (Fsp3) is 0.0714. The molecule has 1 aromatic heterocycles. The van der Waals surface area contributed by atoms with E-state index < -0.39 is 0 Å². The molecule has 88 valence electrons. The summed E-state index contributed by atoms with van der Waals surface area (Å²) in [5, 5.41) is 2.29. The molecule has 0 aliphatic carbocycles. The number of hydrogen-bond donors (Lipinski definition) is 0. The van der Waals surface area contributed by atoms with Gasteiger partial charge in [0.2, 0.25) is 6.79 Å². The Balaban J connectivity index is 2.25. The average Bonchev–Trinajstić information content (AvgIpc) is 2.84. The highest BCUT2D eigenvalue weighted by Crippen LogP contribution is 2.37. The molecule has 2 heterocycles. The second-order valence-electron chi connectivity index (χ2n) is 4.14. The normalized spacial score (nSPS) is 13.3. The van der Waals surface area contributed by atoms with Gasteiger partial charge in [0.25, 0.3) is 0 Å². The van der Waals surface area contributed by atoms with Crippen LogP contribution in [-0.2, 0) is 0 Å². The van der Waals surface area contributed by atoms with Gasteiger partial charge in [0.1, 0.15) is 5.58 Å². The van der Waals surface area contributed by atoms with Crippen LogP contribution in [0.3, 0.4) is 0 Å². The minimum Gasteiger partial charge on any atom is -0.454 e. The number of ether oxygens (including phenoxy) is 2. The van der Waals surface area contributed by atoms with E-state index in [9.17, 15) is 4.79 Å². The molecule has 1 aliphatic rings. The van der Waals surface area contributed by atoms with Crippen LogP contribution in [0.2, 0.25) is 0 Å². The summed E-state index contributed by atoms with van der Waals surface area (Å²) in [4.78, 5) is 11.9. The van der Waals surface area contributed by atoms with Crippen molar-refractivity contribution in [1.82, 2.24) is 0 Å². The number of rotatable bonds is 0. The zero-order chi connectivity index (χ0) is 12.1. The van der Waals surface area contributed by atoms with Gasteiger partial charge in [0, 0.05) is 16.8 Å². The molecule has 1 aliphatic heterocycles. The summed E-state index contributed by atoms with van der Waals surface area (Å²) in [6.07, 6.45) is 0. The highest BCUT2D eigenvalue weighted by molar-refractivity contribution is 6.05. The van der Waals surface area contributed by atoms with Crippen molar-refractivity contribution in [2.24, 2.45) is 0 Å². The van der Waals surface area contributed by atoms with Crippen LogP contribution in [0.15, 0.2) is 45.6 Å². The van der Waals surface area contributed by atoms with E-state index in [2.05, 4.69) is 0 Å². The number of fused-ring (bicyclic) bond motifs is 4. The van der Waals surface area contributed by atoms with Crippen molar-refractivity contribution in [3.63, 3.8) is 0 Å². The van der Waals surface area contributed by atoms with Gasteiger partial charge in [-0.25, -0.2) is 4.79 Å². The van der Waals surface area contributed by atoms with Gasteiger partial charge in [-0.2, -0.15) is 0 Å². The first-order chi connectivity index (χ1) is 8.83. The molecule has 4 heteroatoms. The highest BCUT2D eigenvalue weighted by atomic mass is 16.7. The molecule has 3 aromatic rings. The van der Waals surface area contributed by atoms with Crippen LogP contribution in [0, 0.1) is 0 Å². The van der Waals surface area contributed by atoms with Crippen LogP contribution in [0.25, 0.3) is 21.7 Å². The number of hydrogen-bond acceptors (Lipinski definition) is 4. The van der Waals surface area contributed by atoms with Crippen molar-refractivity contribution in [2.45, 2.75) is 0 Å². The van der Waals surface area contributed by atoms with Crippen LogP contribution in [0.5, 0.6) is 11.5 Å². The summed E-state index contributed by atoms with van der Waals surface area (Å²) in [5.74, 6) is 1.29. The summed E-state index contributed by atoms with van der Waals surface area (Å²) >= 11 is 0. The average molecular weight is 240 g/mol. The molecule has 0 saturated carbocycles. The Morgan fingerprint density at radius 1 is 0.889 bits per heavy atom. The molecule has 4 rings (SSSR count). The molecule has 0 bridgehead atoms. The van der Waals surface area contributed by atoms with Crippen molar-refractivity contribution in [1.29, 1.82) is 0 Å². The molecule has 18 heavy (non-hydrogen) atoms. The van der Waals surface area contributed by atoms with Crippen LogP contribution >= 0.6 is 0 Å². The molecule has 0 spiro atoms. The van der Waals surface area contributed by atoms with Gasteiger partial charge in [-0.3, -0.25) is 0 Å². The molecule has 0 saturated heterocycles. The summed E-state index contributed by atoms with van der Waals surface area (Å²) in [6, 6.07) is 10.9. The van der Waals surface area contributed by atoms with Gasteiger partial charge >= 0.3 is 5.63 Å². The topological polar surface area (TPSA) is 48.7 Å². The second kappa shape index (κ2) is 3.26. The lowest BCUT2D eigenvalue weighted by Gasteiger charge is -2.03. The third kappa shape index (κ3) is 1.17. The van der Waals surface area contributed by atoms with Gasteiger partial charge in [-0.05, 0) is 12.1 Å². The molecular weight excluding hydrogens is 232 g/mol. The van der Waals surface area contributed by atoms with Gasteiger partial charge in [0.15, 0.2) is 11.5 Å². The third-order valence-electron chi connectivity index (χ3n) is 3.11. The van der Waals surface area contributed by atoms with Crippen LogP contribution in [0.1, 0.15) is 0 Å². The van der Waals surface area contributed by atoms with E-state index in [1.165, 1.54) is 0 Å². The minimum absolute atomic E-state index is 0.202. The first-order valence-corrected chi connectivity index (χ1v) is 5.58. The first kappa shape index (κ1) is 9.53. The van der Waals surface area contributed by atoms with Crippen molar-refractivity contribution in [2.75, 3.05) is 6.79 Å². The fourth-order valence-corrected chi connectivity index (χ4v) is 2.27. The maximum absolute atomic E-state index is 11.9. The van der Waals surface area contributed by atoms with Crippen molar-refractivity contribution in [3.8, 4) is 11.5 Å². The van der Waals surface area contributed by atoms with E-state index >= 15 is 0 Å². The van der Waals surface area contributed by atoms with Crippen LogP contribution < -0.4 is 15.1 Å². The van der Waals surface area contributed by atoms with Gasteiger partial charge in [0.05, 0.1) is 5.39 Å². The molecular formula is C14H8O4. The molecule has 0 unspecified atom stereocenters. The molecule has 0 atom stereocenters. The quantitative estimate of drug-likeness (QED) is 0.447. The molecule has 0 radical (unpaired) electrons. The zero-order valence-electron chi connectivity index (χ0n) is 9.30. The Labute approximate surface area is 101 Å². The summed E-state index contributed by atoms with van der Waals surface area (Å²) in [6.45, 7) is 0.202. The smallest absolute Gasteiger partial charge is 0.344 e. The maximum atomic E-state index is 11.9. The van der Waals surface area contributed by atoms with Crippen molar-refractivity contribution >= 4 is 21.7 Å². The van der Waals surface area contributed by atoms with Gasteiger partial charge in [-0.15, -0.1) is 0 Å². The van der Waals surface area contributed by atoms with E-state index in [1.54, 1.807) is 12.1 Å². The van der Waals surface area contributed by atoms with Crippen molar-refractivity contribution in [3.05, 3.63) is 46.8 Å². The highest BCUT2D eigenvalue weighted by Gasteiger charge is 2.17. The Bertz CT molecular complexity index is 832. The van der Waals surface area contributed by atoms with Crippen LogP contribution in [0.4, 0.5) is 0 Å². The molecule has 2 aromatic carbocycles. The van der Waals surface area contributed by atoms with E-state index in [1.807, 2.05) is 24.3 Å². The zero-order valence-corrected chi connectivity index (χ0v) is 9.30. The number of benzene rings is 2. The Kier molecular flexibility index (Phi) is 1.73. The minimum atomic E-state index is -0.336. The first-order valence-electron chi connectivity index (χ1n) is 5.58. The van der Waals surface area contributed by atoms with E-state index in [4.69, 9.17) is 13.9 Å². The lowest BCUT2D eigenvalue weighted by molar-refractivity contribution is 0.174. The SMILES string of the molecule is O=c1oc2cc3c(cc2c2ccccc12)OCO3. The lowest BCUT2D eigenvalue weighted by atomic mass is 10.1. The molecule has 4 nitrogen and oxygen atoms in total. The largest absolute Gasteiger partial charge is 0.454 e. The fourth-order valence-electron chi connectivity index (χ4n) is 2.27. The summed E-state index contributed by atoms with van der Waals surface area (Å²) in [7, 11) is 0. The van der Waals surface area contributed by atoms with E-state index in [-0.39, 0.29) is 12.4 Å². The summed E-state index contributed by atoms with van der Waals surface area (Å²) < 4.78 is 15.9. The Morgan fingerprint density at radius 2 is 1.61 bits per heavy atom. The van der Waals surface area contributed by atoms with Gasteiger partial charge < -0.3 is 13.9 Å². The standard InChI is InChI=1S/C14H8O4/c15-14-9-4-2-1-3-8(9)10-5-12-13(17-7-16-12)6-11(10)18-14/h1-6H,7H2. The molecule has 0 N–H and O–H groups in total.